The van der Waals surface area contributed by atoms with Crippen LogP contribution in [0.3, 0.4) is 0 Å². The van der Waals surface area contributed by atoms with Crippen LogP contribution >= 0.6 is 43.6 Å². The van der Waals surface area contributed by atoms with Gasteiger partial charge in [-0.05, 0) is 40.5 Å². The van der Waals surface area contributed by atoms with Crippen LogP contribution < -0.4 is 5.32 Å². The number of aromatic nitrogens is 2. The van der Waals surface area contributed by atoms with Crippen molar-refractivity contribution >= 4 is 49.6 Å². The molecule has 0 fully saturated rings. The van der Waals surface area contributed by atoms with Gasteiger partial charge in [0.05, 0.1) is 4.47 Å². The zero-order valence-electron chi connectivity index (χ0n) is 10.4. The summed E-state index contributed by atoms with van der Waals surface area (Å²) in [6.07, 6.45) is 2.83. The molecular formula is C13H13Br2N3S. The SMILES string of the molecule is CCCNc1ncc(Br)c(Sc2cccc(Br)c2)n1. The molecule has 100 valence electrons. The highest BCUT2D eigenvalue weighted by Crippen LogP contribution is 2.33. The summed E-state index contributed by atoms with van der Waals surface area (Å²) in [6, 6.07) is 8.15. The molecule has 1 aromatic carbocycles. The van der Waals surface area contributed by atoms with Crippen molar-refractivity contribution in [2.75, 3.05) is 11.9 Å². The normalized spacial score (nSPS) is 10.5. The van der Waals surface area contributed by atoms with E-state index >= 15 is 0 Å². The van der Waals surface area contributed by atoms with E-state index in [0.29, 0.717) is 5.95 Å². The molecule has 1 heterocycles. The Morgan fingerprint density at radius 1 is 1.32 bits per heavy atom. The van der Waals surface area contributed by atoms with Crippen LogP contribution in [0, 0.1) is 0 Å². The molecule has 0 bridgehead atoms. The average Bonchev–Trinajstić information content (AvgIpc) is 2.40. The van der Waals surface area contributed by atoms with Crippen molar-refractivity contribution in [2.24, 2.45) is 0 Å². The summed E-state index contributed by atoms with van der Waals surface area (Å²) in [6.45, 7) is 2.99. The van der Waals surface area contributed by atoms with Crippen molar-refractivity contribution in [3.8, 4) is 0 Å². The highest BCUT2D eigenvalue weighted by Gasteiger charge is 2.07. The van der Waals surface area contributed by atoms with Gasteiger partial charge in [0.2, 0.25) is 5.95 Å². The predicted molar refractivity (Wildman–Crippen MR) is 86.8 cm³/mol. The van der Waals surface area contributed by atoms with Crippen molar-refractivity contribution < 1.29 is 0 Å². The van der Waals surface area contributed by atoms with Crippen molar-refractivity contribution in [3.05, 3.63) is 39.4 Å². The first-order chi connectivity index (χ1) is 9.19. The lowest BCUT2D eigenvalue weighted by Crippen LogP contribution is -2.04. The largest absolute Gasteiger partial charge is 0.354 e. The molecule has 2 rings (SSSR count). The fourth-order valence-corrected chi connectivity index (χ4v) is 3.21. The van der Waals surface area contributed by atoms with Crippen molar-refractivity contribution in [1.29, 1.82) is 0 Å². The molecule has 2 aromatic rings. The van der Waals surface area contributed by atoms with E-state index in [9.17, 15) is 0 Å². The van der Waals surface area contributed by atoms with Crippen LogP contribution in [0.25, 0.3) is 0 Å². The molecular weight excluding hydrogens is 390 g/mol. The first-order valence-electron chi connectivity index (χ1n) is 5.89. The number of nitrogens with zero attached hydrogens (tertiary/aromatic N) is 2. The quantitative estimate of drug-likeness (QED) is 0.716. The van der Waals surface area contributed by atoms with Crippen LogP contribution in [0.15, 0.2) is 49.3 Å². The van der Waals surface area contributed by atoms with Crippen molar-refractivity contribution in [3.63, 3.8) is 0 Å². The Labute approximate surface area is 133 Å². The molecule has 0 atom stereocenters. The van der Waals surface area contributed by atoms with Gasteiger partial charge in [-0.1, -0.05) is 40.7 Å². The zero-order valence-corrected chi connectivity index (χ0v) is 14.3. The molecule has 0 spiro atoms. The lowest BCUT2D eigenvalue weighted by Gasteiger charge is -2.07. The molecule has 1 aromatic heterocycles. The van der Waals surface area contributed by atoms with E-state index in [1.165, 1.54) is 0 Å². The maximum absolute atomic E-state index is 4.51. The molecule has 0 saturated carbocycles. The minimum atomic E-state index is 0.669. The minimum Gasteiger partial charge on any atom is -0.354 e. The molecule has 19 heavy (non-hydrogen) atoms. The average molecular weight is 403 g/mol. The number of hydrogen-bond donors (Lipinski definition) is 1. The summed E-state index contributed by atoms with van der Waals surface area (Å²) in [5.41, 5.74) is 0. The van der Waals surface area contributed by atoms with Crippen LogP contribution in [0.4, 0.5) is 5.95 Å². The standard InChI is InChI=1S/C13H13Br2N3S/c1-2-6-16-13-17-8-11(15)12(18-13)19-10-5-3-4-9(14)7-10/h3-5,7-8H,2,6H2,1H3,(H,16,17,18). The summed E-state index contributed by atoms with van der Waals surface area (Å²) >= 11 is 8.57. The topological polar surface area (TPSA) is 37.8 Å². The third-order valence-corrected chi connectivity index (χ3v) is 4.59. The van der Waals surface area contributed by atoms with Gasteiger partial charge in [-0.15, -0.1) is 0 Å². The lowest BCUT2D eigenvalue weighted by atomic mass is 10.4. The van der Waals surface area contributed by atoms with Gasteiger partial charge < -0.3 is 5.32 Å². The first kappa shape index (κ1) is 14.8. The number of rotatable bonds is 5. The third-order valence-electron chi connectivity index (χ3n) is 2.26. The Hall–Kier alpha value is -0.590. The fraction of sp³-hybridized carbons (Fsp3) is 0.231. The van der Waals surface area contributed by atoms with E-state index in [1.807, 2.05) is 12.1 Å². The Bertz CT molecular complexity index is 563. The fourth-order valence-electron chi connectivity index (χ4n) is 1.39. The number of hydrogen-bond acceptors (Lipinski definition) is 4. The van der Waals surface area contributed by atoms with Crippen LogP contribution in [-0.2, 0) is 0 Å². The summed E-state index contributed by atoms with van der Waals surface area (Å²) in [5, 5.41) is 4.10. The third kappa shape index (κ3) is 4.47. The minimum absolute atomic E-state index is 0.669. The summed E-state index contributed by atoms with van der Waals surface area (Å²) in [5.74, 6) is 0.669. The second-order valence-electron chi connectivity index (χ2n) is 3.83. The zero-order chi connectivity index (χ0) is 13.7. The number of benzene rings is 1. The smallest absolute Gasteiger partial charge is 0.223 e. The molecule has 0 aliphatic rings. The maximum atomic E-state index is 4.51. The lowest BCUT2D eigenvalue weighted by molar-refractivity contribution is 0.930. The number of anilines is 1. The van der Waals surface area contributed by atoms with Gasteiger partial charge in [0.1, 0.15) is 5.03 Å². The van der Waals surface area contributed by atoms with Crippen LogP contribution in [-0.4, -0.2) is 16.5 Å². The van der Waals surface area contributed by atoms with Crippen molar-refractivity contribution in [2.45, 2.75) is 23.3 Å². The molecule has 3 nitrogen and oxygen atoms in total. The van der Waals surface area contributed by atoms with E-state index < -0.39 is 0 Å². The van der Waals surface area contributed by atoms with Crippen molar-refractivity contribution in [1.82, 2.24) is 9.97 Å². The molecule has 0 saturated heterocycles. The van der Waals surface area contributed by atoms with Gasteiger partial charge in [0.15, 0.2) is 0 Å². The molecule has 0 aliphatic carbocycles. The van der Waals surface area contributed by atoms with E-state index in [-0.39, 0.29) is 0 Å². The molecule has 0 unspecified atom stereocenters. The van der Waals surface area contributed by atoms with E-state index in [0.717, 1.165) is 31.8 Å². The van der Waals surface area contributed by atoms with E-state index in [4.69, 9.17) is 0 Å². The molecule has 6 heteroatoms. The van der Waals surface area contributed by atoms with Gasteiger partial charge in [-0.3, -0.25) is 0 Å². The Balaban J connectivity index is 2.19. The van der Waals surface area contributed by atoms with Gasteiger partial charge in [0.25, 0.3) is 0 Å². The molecule has 0 aliphatic heterocycles. The molecule has 0 amide bonds. The van der Waals surface area contributed by atoms with Gasteiger partial charge >= 0.3 is 0 Å². The predicted octanol–water partition coefficient (Wildman–Crippen LogP) is 4.97. The summed E-state index contributed by atoms with van der Waals surface area (Å²) in [4.78, 5) is 9.89. The highest BCUT2D eigenvalue weighted by atomic mass is 79.9. The van der Waals surface area contributed by atoms with E-state index in [2.05, 4.69) is 66.2 Å². The maximum Gasteiger partial charge on any atom is 0.223 e. The first-order valence-corrected chi connectivity index (χ1v) is 8.29. The molecule has 0 radical (unpaired) electrons. The van der Waals surface area contributed by atoms with Gasteiger partial charge in [-0.2, -0.15) is 0 Å². The van der Waals surface area contributed by atoms with Crippen LogP contribution in [0.2, 0.25) is 0 Å². The summed E-state index contributed by atoms with van der Waals surface area (Å²) < 4.78 is 1.96. The number of nitrogens with one attached hydrogen (secondary N) is 1. The monoisotopic (exact) mass is 401 g/mol. The Kier molecular flexibility index (Phi) is 5.66. The second-order valence-corrected chi connectivity index (χ2v) is 6.67. The van der Waals surface area contributed by atoms with Crippen LogP contribution in [0.5, 0.6) is 0 Å². The van der Waals surface area contributed by atoms with E-state index in [1.54, 1.807) is 18.0 Å². The van der Waals surface area contributed by atoms with Gasteiger partial charge in [0, 0.05) is 22.1 Å². The van der Waals surface area contributed by atoms with Gasteiger partial charge in [-0.25, -0.2) is 9.97 Å². The Morgan fingerprint density at radius 3 is 2.89 bits per heavy atom. The second kappa shape index (κ2) is 7.26. The highest BCUT2D eigenvalue weighted by molar-refractivity contribution is 9.10. The summed E-state index contributed by atoms with van der Waals surface area (Å²) in [7, 11) is 0. The Morgan fingerprint density at radius 2 is 2.16 bits per heavy atom. The van der Waals surface area contributed by atoms with Crippen LogP contribution in [0.1, 0.15) is 13.3 Å². The number of halogens is 2. The molecule has 1 N–H and O–H groups in total.